The number of nitrogens with one attached hydrogen (secondary N) is 1. The van der Waals surface area contributed by atoms with E-state index in [4.69, 9.17) is 23.2 Å². The van der Waals surface area contributed by atoms with Crippen LogP contribution in [0.1, 0.15) is 31.0 Å². The van der Waals surface area contributed by atoms with Crippen molar-refractivity contribution in [3.8, 4) is 0 Å². The van der Waals surface area contributed by atoms with E-state index in [9.17, 15) is 4.79 Å². The molecule has 0 bridgehead atoms. The zero-order valence-electron chi connectivity index (χ0n) is 13.1. The van der Waals surface area contributed by atoms with Crippen LogP contribution in [0.2, 0.25) is 10.0 Å². The summed E-state index contributed by atoms with van der Waals surface area (Å²) < 4.78 is 0. The molecule has 0 fully saturated rings. The van der Waals surface area contributed by atoms with Crippen molar-refractivity contribution in [3.05, 3.63) is 69.7 Å². The lowest BCUT2D eigenvalue weighted by atomic mass is 10.1. The lowest BCUT2D eigenvalue weighted by Gasteiger charge is -2.19. The minimum absolute atomic E-state index is 0.00412. The van der Waals surface area contributed by atoms with Gasteiger partial charge in [0, 0.05) is 15.8 Å². The molecule has 23 heavy (non-hydrogen) atoms. The second-order valence-electron chi connectivity index (χ2n) is 5.33. The Hall–Kier alpha value is -1.16. The third kappa shape index (κ3) is 5.45. The van der Waals surface area contributed by atoms with Gasteiger partial charge in [-0.15, -0.1) is 11.8 Å². The number of benzene rings is 2. The van der Waals surface area contributed by atoms with E-state index in [1.54, 1.807) is 23.9 Å². The van der Waals surface area contributed by atoms with Crippen molar-refractivity contribution in [1.82, 2.24) is 5.32 Å². The summed E-state index contributed by atoms with van der Waals surface area (Å²) >= 11 is 13.7. The van der Waals surface area contributed by atoms with Gasteiger partial charge in [0.2, 0.25) is 5.91 Å². The van der Waals surface area contributed by atoms with E-state index in [2.05, 4.69) is 17.4 Å². The van der Waals surface area contributed by atoms with Crippen molar-refractivity contribution in [2.75, 3.05) is 0 Å². The normalized spacial score (nSPS) is 13.4. The fraction of sp³-hybridized carbons (Fsp3) is 0.278. The summed E-state index contributed by atoms with van der Waals surface area (Å²) in [6.45, 7) is 3.83. The fourth-order valence-electron chi connectivity index (χ4n) is 2.13. The van der Waals surface area contributed by atoms with Gasteiger partial charge >= 0.3 is 0 Å². The molecule has 0 aromatic heterocycles. The van der Waals surface area contributed by atoms with Gasteiger partial charge < -0.3 is 5.32 Å². The van der Waals surface area contributed by atoms with Gasteiger partial charge in [-0.1, -0.05) is 59.6 Å². The Morgan fingerprint density at radius 2 is 1.83 bits per heavy atom. The summed E-state index contributed by atoms with van der Waals surface area (Å²) in [7, 11) is 0. The fourth-order valence-corrected chi connectivity index (χ4v) is 3.56. The number of thioether (sulfide) groups is 1. The maximum Gasteiger partial charge on any atom is 0.233 e. The zero-order chi connectivity index (χ0) is 16.8. The summed E-state index contributed by atoms with van der Waals surface area (Å²) in [6.07, 6.45) is 0. The van der Waals surface area contributed by atoms with Crippen LogP contribution >= 0.6 is 35.0 Å². The Morgan fingerprint density at radius 3 is 2.48 bits per heavy atom. The van der Waals surface area contributed by atoms with Crippen molar-refractivity contribution in [2.24, 2.45) is 0 Å². The highest BCUT2D eigenvalue weighted by Crippen LogP contribution is 2.26. The van der Waals surface area contributed by atoms with Crippen LogP contribution in [0.5, 0.6) is 0 Å². The molecule has 0 aliphatic heterocycles. The molecular formula is C18H19Cl2NOS. The van der Waals surface area contributed by atoms with Crippen molar-refractivity contribution in [3.63, 3.8) is 0 Å². The van der Waals surface area contributed by atoms with Crippen LogP contribution in [0.25, 0.3) is 0 Å². The quantitative estimate of drug-likeness (QED) is 0.730. The number of carbonyl (C=O) groups is 1. The molecule has 1 N–H and O–H groups in total. The second-order valence-corrected chi connectivity index (χ2v) is 7.51. The highest BCUT2D eigenvalue weighted by Gasteiger charge is 2.18. The zero-order valence-corrected chi connectivity index (χ0v) is 15.4. The molecule has 122 valence electrons. The summed E-state index contributed by atoms with van der Waals surface area (Å²) in [5.74, 6) is 0.815. The first kappa shape index (κ1) is 18.2. The Kier molecular flexibility index (Phi) is 6.82. The third-order valence-electron chi connectivity index (χ3n) is 3.50. The van der Waals surface area contributed by atoms with E-state index < -0.39 is 0 Å². The van der Waals surface area contributed by atoms with Gasteiger partial charge in [-0.3, -0.25) is 4.79 Å². The molecule has 2 nitrogen and oxygen atoms in total. The SMILES string of the molecule is C[C@H](SCc1ccccc1)C(=O)N[C@@H](C)c1ccc(Cl)cc1Cl. The van der Waals surface area contributed by atoms with E-state index in [0.29, 0.717) is 10.0 Å². The van der Waals surface area contributed by atoms with Crippen LogP contribution < -0.4 is 5.32 Å². The van der Waals surface area contributed by atoms with Gasteiger partial charge in [0.15, 0.2) is 0 Å². The number of carbonyl (C=O) groups excluding carboxylic acids is 1. The van der Waals surface area contributed by atoms with Gasteiger partial charge in [-0.05, 0) is 37.1 Å². The number of hydrogen-bond acceptors (Lipinski definition) is 2. The summed E-state index contributed by atoms with van der Waals surface area (Å²) in [5.41, 5.74) is 2.08. The first-order valence-corrected chi connectivity index (χ1v) is 9.18. The lowest BCUT2D eigenvalue weighted by molar-refractivity contribution is -0.120. The number of amides is 1. The molecule has 0 radical (unpaired) electrons. The molecule has 1 amide bonds. The molecule has 0 spiro atoms. The van der Waals surface area contributed by atoms with Crippen LogP contribution in [0, 0.1) is 0 Å². The van der Waals surface area contributed by atoms with Crippen LogP contribution in [0.15, 0.2) is 48.5 Å². The number of rotatable bonds is 6. The number of halogens is 2. The van der Waals surface area contributed by atoms with Crippen LogP contribution in [-0.4, -0.2) is 11.2 Å². The molecule has 2 rings (SSSR count). The van der Waals surface area contributed by atoms with Crippen molar-refractivity contribution in [2.45, 2.75) is 30.9 Å². The summed E-state index contributed by atoms with van der Waals surface area (Å²) in [5, 5.41) is 4.02. The smallest absolute Gasteiger partial charge is 0.233 e. The largest absolute Gasteiger partial charge is 0.349 e. The van der Waals surface area contributed by atoms with Gasteiger partial charge in [0.05, 0.1) is 11.3 Å². The average Bonchev–Trinajstić information content (AvgIpc) is 2.53. The Balaban J connectivity index is 1.89. The minimum atomic E-state index is -0.160. The maximum absolute atomic E-state index is 12.3. The predicted octanol–water partition coefficient (Wildman–Crippen LogP) is 5.49. The standard InChI is InChI=1S/C18H19Cl2NOS/c1-12(16-9-8-15(19)10-17(16)20)21-18(22)13(2)23-11-14-6-4-3-5-7-14/h3-10,12-13H,11H2,1-2H3,(H,21,22)/t12-,13-/m0/s1. The van der Waals surface area contributed by atoms with Crippen molar-refractivity contribution < 1.29 is 4.79 Å². The monoisotopic (exact) mass is 367 g/mol. The summed E-state index contributed by atoms with van der Waals surface area (Å²) in [4.78, 5) is 12.3. The van der Waals surface area contributed by atoms with Gasteiger partial charge in [-0.25, -0.2) is 0 Å². The van der Waals surface area contributed by atoms with E-state index in [1.807, 2.05) is 38.1 Å². The van der Waals surface area contributed by atoms with Crippen molar-refractivity contribution in [1.29, 1.82) is 0 Å². The van der Waals surface area contributed by atoms with E-state index in [-0.39, 0.29) is 17.2 Å². The van der Waals surface area contributed by atoms with E-state index in [1.165, 1.54) is 5.56 Å². The van der Waals surface area contributed by atoms with Crippen LogP contribution in [-0.2, 0) is 10.5 Å². The average molecular weight is 368 g/mol. The Labute approximate surface area is 151 Å². The molecular weight excluding hydrogens is 349 g/mol. The first-order valence-electron chi connectivity index (χ1n) is 7.38. The molecule has 0 aliphatic rings. The molecule has 2 atom stereocenters. The molecule has 5 heteroatoms. The molecule has 0 aliphatic carbocycles. The molecule has 0 unspecified atom stereocenters. The Morgan fingerprint density at radius 1 is 1.13 bits per heavy atom. The molecule has 2 aromatic rings. The second kappa shape index (κ2) is 8.62. The third-order valence-corrected chi connectivity index (χ3v) is 5.28. The highest BCUT2D eigenvalue weighted by molar-refractivity contribution is 7.99. The van der Waals surface area contributed by atoms with E-state index >= 15 is 0 Å². The number of hydrogen-bond donors (Lipinski definition) is 1. The van der Waals surface area contributed by atoms with Crippen molar-refractivity contribution >= 4 is 40.9 Å². The first-order chi connectivity index (χ1) is 11.0. The van der Waals surface area contributed by atoms with Gasteiger partial charge in [0.25, 0.3) is 0 Å². The topological polar surface area (TPSA) is 29.1 Å². The minimum Gasteiger partial charge on any atom is -0.349 e. The molecule has 2 aromatic carbocycles. The van der Waals surface area contributed by atoms with Crippen LogP contribution in [0.3, 0.4) is 0 Å². The molecule has 0 saturated carbocycles. The molecule has 0 heterocycles. The summed E-state index contributed by atoms with van der Waals surface area (Å²) in [6, 6.07) is 15.3. The molecule has 0 saturated heterocycles. The maximum atomic E-state index is 12.3. The van der Waals surface area contributed by atoms with Crippen LogP contribution in [0.4, 0.5) is 0 Å². The van der Waals surface area contributed by atoms with Gasteiger partial charge in [-0.2, -0.15) is 0 Å². The van der Waals surface area contributed by atoms with Gasteiger partial charge in [0.1, 0.15) is 0 Å². The highest BCUT2D eigenvalue weighted by atomic mass is 35.5. The lowest BCUT2D eigenvalue weighted by Crippen LogP contribution is -2.33. The predicted molar refractivity (Wildman–Crippen MR) is 100 cm³/mol. The van der Waals surface area contributed by atoms with E-state index in [0.717, 1.165) is 11.3 Å². The Bertz CT molecular complexity index is 663.